The Morgan fingerprint density at radius 2 is 0.909 bits per heavy atom. The molecule has 0 aliphatic carbocycles. The summed E-state index contributed by atoms with van der Waals surface area (Å²) >= 11 is 0. The van der Waals surface area contributed by atoms with Gasteiger partial charge in [0.25, 0.3) is 0 Å². The van der Waals surface area contributed by atoms with Crippen LogP contribution in [0.25, 0.3) is 97.7 Å². The highest BCUT2D eigenvalue weighted by Crippen LogP contribution is 2.49. The van der Waals surface area contributed by atoms with Crippen molar-refractivity contribution in [1.29, 1.82) is 0 Å². The Balaban J connectivity index is 1.54. The molecular weight excluding hydrogens is 528 g/mol. The molecule has 0 bridgehead atoms. The van der Waals surface area contributed by atoms with E-state index in [1.54, 1.807) is 36.4 Å². The van der Waals surface area contributed by atoms with Gasteiger partial charge in [0, 0.05) is 0 Å². The fourth-order valence-electron chi connectivity index (χ4n) is 6.73. The highest BCUT2D eigenvalue weighted by atomic mass is 14.2. The first-order valence-corrected chi connectivity index (χ1v) is 14.1. The van der Waals surface area contributed by atoms with Gasteiger partial charge >= 0.3 is 0 Å². The summed E-state index contributed by atoms with van der Waals surface area (Å²) in [7, 11) is 0. The van der Waals surface area contributed by atoms with Crippen molar-refractivity contribution in [3.8, 4) is 22.3 Å². The Morgan fingerprint density at radius 1 is 0.295 bits per heavy atom. The Morgan fingerprint density at radius 3 is 1.77 bits per heavy atom. The predicted octanol–water partition coefficient (Wildman–Crippen LogP) is 12.5. The summed E-state index contributed by atoms with van der Waals surface area (Å²) in [5.74, 6) is 0. The largest absolute Gasteiger partial charge is 0.0630 e. The van der Waals surface area contributed by atoms with E-state index in [0.29, 0.717) is 38.1 Å². The number of rotatable bonds is 2. The molecule has 10 aromatic rings. The van der Waals surface area contributed by atoms with Crippen LogP contribution < -0.4 is 0 Å². The van der Waals surface area contributed by atoms with Gasteiger partial charge in [-0.15, -0.1) is 0 Å². The monoisotopic (exact) mass is 570 g/mol. The molecule has 0 amide bonds. The van der Waals surface area contributed by atoms with Crippen LogP contribution in [0, 0.1) is 0 Å². The van der Waals surface area contributed by atoms with E-state index in [-0.39, 0.29) is 54.2 Å². The molecule has 0 N–H and O–H groups in total. The number of hydrogen-bond acceptors (Lipinski definition) is 0. The van der Waals surface area contributed by atoms with E-state index >= 15 is 0 Å². The second-order valence-corrected chi connectivity index (χ2v) is 10.8. The molecule has 0 atom stereocenters. The van der Waals surface area contributed by atoms with Crippen molar-refractivity contribution in [2.24, 2.45) is 0 Å². The van der Waals surface area contributed by atoms with Crippen molar-refractivity contribution in [3.05, 3.63) is 157 Å². The Hall–Kier alpha value is -5.72. The molecule has 202 valence electrons. The molecule has 0 aliphatic heterocycles. The standard InChI is InChI=1S/C44H26/c1-3-14-32-27(9-1)11-8-18-34(32)42-35-16-5-6-17-36(35)44(43-33-15-4-2-10-28(33)21-26-39(42)43)38-25-23-31-20-19-29-12-7-13-30-22-24-37(38)41(31)40(29)30/h1-26H/i1D,3D,7D,8D,9D,11D,12D,13D,14D,18D,19D,20D,22D,23D,24D,25D. The summed E-state index contributed by atoms with van der Waals surface area (Å²) in [6.07, 6.45) is 0. The van der Waals surface area contributed by atoms with Crippen LogP contribution in [0.3, 0.4) is 0 Å². The summed E-state index contributed by atoms with van der Waals surface area (Å²) in [5, 5.41) is 2.15. The van der Waals surface area contributed by atoms with Crippen molar-refractivity contribution in [3.63, 3.8) is 0 Å². The predicted molar refractivity (Wildman–Crippen MR) is 191 cm³/mol. The molecule has 0 nitrogen and oxygen atoms in total. The first-order chi connectivity index (χ1) is 28.5. The van der Waals surface area contributed by atoms with Gasteiger partial charge in [-0.2, -0.15) is 0 Å². The molecule has 44 heavy (non-hydrogen) atoms. The Kier molecular flexibility index (Phi) is 2.69. The van der Waals surface area contributed by atoms with Gasteiger partial charge in [-0.3, -0.25) is 0 Å². The lowest BCUT2D eigenvalue weighted by Crippen LogP contribution is -1.94. The van der Waals surface area contributed by atoms with E-state index in [0.717, 1.165) is 5.39 Å². The summed E-state index contributed by atoms with van der Waals surface area (Å²) in [6, 6.07) is 9.63. The zero-order chi connectivity index (χ0) is 42.7. The molecule has 0 saturated heterocycles. The van der Waals surface area contributed by atoms with E-state index in [9.17, 15) is 6.85 Å². The quantitative estimate of drug-likeness (QED) is 0.143. The lowest BCUT2D eigenvalue weighted by Gasteiger charge is -2.22. The van der Waals surface area contributed by atoms with Gasteiger partial charge in [0.2, 0.25) is 0 Å². The van der Waals surface area contributed by atoms with Crippen LogP contribution >= 0.6 is 0 Å². The summed E-state index contributed by atoms with van der Waals surface area (Å²) in [4.78, 5) is 0. The molecule has 0 fully saturated rings. The SMILES string of the molecule is [2H]c1c([2H])c([2H])c2c(-c3c4ccccc4c(-c4c([2H])c([2H])c5c([2H])c([2H])c6c([2H])c([2H])c([2H])c7c([2H])c([2H])c4c5c67)c4c3ccc3ccccc34)c([2H])c([2H])c([2H])c2c1[2H]. The van der Waals surface area contributed by atoms with Gasteiger partial charge in [-0.25, -0.2) is 0 Å². The van der Waals surface area contributed by atoms with Gasteiger partial charge in [0.05, 0.1) is 21.9 Å². The van der Waals surface area contributed by atoms with Gasteiger partial charge < -0.3 is 0 Å². The van der Waals surface area contributed by atoms with Crippen LogP contribution in [0.2, 0.25) is 0 Å². The van der Waals surface area contributed by atoms with Crippen LogP contribution in [-0.4, -0.2) is 0 Å². The van der Waals surface area contributed by atoms with Crippen molar-refractivity contribution in [1.82, 2.24) is 0 Å². The zero-order valence-electron chi connectivity index (χ0n) is 38.8. The first-order valence-electron chi connectivity index (χ1n) is 22.1. The van der Waals surface area contributed by atoms with E-state index < -0.39 is 96.7 Å². The molecule has 0 heterocycles. The zero-order valence-corrected chi connectivity index (χ0v) is 22.8. The normalized spacial score (nSPS) is 17.2. The van der Waals surface area contributed by atoms with E-state index in [1.807, 2.05) is 24.3 Å². The maximum absolute atomic E-state index is 9.73. The molecule has 0 unspecified atom stereocenters. The minimum Gasteiger partial charge on any atom is -0.0616 e. The molecule has 0 spiro atoms. The van der Waals surface area contributed by atoms with Gasteiger partial charge in [-0.05, 0) is 97.7 Å². The van der Waals surface area contributed by atoms with Crippen molar-refractivity contribution in [2.75, 3.05) is 0 Å². The average Bonchev–Trinajstić information content (AvgIpc) is 3.24. The average molecular weight is 571 g/mol. The van der Waals surface area contributed by atoms with Gasteiger partial charge in [0.15, 0.2) is 0 Å². The molecule has 0 radical (unpaired) electrons. The van der Waals surface area contributed by atoms with Crippen LogP contribution in [-0.2, 0) is 0 Å². The number of fused-ring (bicyclic) bond motifs is 5. The number of hydrogen-bond donors (Lipinski definition) is 0. The lowest BCUT2D eigenvalue weighted by molar-refractivity contribution is 1.70. The van der Waals surface area contributed by atoms with E-state index in [2.05, 4.69) is 0 Å². The third kappa shape index (κ3) is 3.17. The fraction of sp³-hybridized carbons (Fsp3) is 0. The molecule has 0 aromatic heterocycles. The third-order valence-electron chi connectivity index (χ3n) is 8.54. The molecular formula is C44H26. The maximum atomic E-state index is 9.73. The second-order valence-electron chi connectivity index (χ2n) is 10.8. The smallest absolute Gasteiger partial charge is 0.0616 e. The Labute approximate surface area is 277 Å². The molecule has 0 saturated carbocycles. The van der Waals surface area contributed by atoms with Gasteiger partial charge in [-0.1, -0.05) is 157 Å². The van der Waals surface area contributed by atoms with Crippen LogP contribution in [0.15, 0.2) is 157 Å². The third-order valence-corrected chi connectivity index (χ3v) is 8.54. The van der Waals surface area contributed by atoms with Crippen molar-refractivity contribution < 1.29 is 21.9 Å². The second kappa shape index (κ2) is 8.89. The topological polar surface area (TPSA) is 0 Å². The van der Waals surface area contributed by atoms with Gasteiger partial charge in [0.1, 0.15) is 0 Å². The summed E-state index contributed by atoms with van der Waals surface area (Å²) < 4.78 is 144. The lowest BCUT2D eigenvalue weighted by atomic mass is 9.81. The molecule has 0 aliphatic rings. The van der Waals surface area contributed by atoms with E-state index in [4.69, 9.17) is 15.1 Å². The van der Waals surface area contributed by atoms with Crippen LogP contribution in [0.1, 0.15) is 21.9 Å². The van der Waals surface area contributed by atoms with Crippen LogP contribution in [0.4, 0.5) is 0 Å². The number of benzene rings is 10. The molecule has 0 heteroatoms. The fourth-order valence-corrected chi connectivity index (χ4v) is 6.73. The van der Waals surface area contributed by atoms with Crippen molar-refractivity contribution in [2.45, 2.75) is 0 Å². The highest BCUT2D eigenvalue weighted by Gasteiger charge is 2.21. The Bertz CT molecular complexity index is 3640. The van der Waals surface area contributed by atoms with E-state index in [1.165, 1.54) is 0 Å². The summed E-state index contributed by atoms with van der Waals surface area (Å²) in [5.41, 5.74) is 0.628. The molecule has 10 rings (SSSR count). The minimum absolute atomic E-state index is 0.00995. The van der Waals surface area contributed by atoms with Crippen molar-refractivity contribution >= 4 is 75.4 Å². The highest BCUT2D eigenvalue weighted by molar-refractivity contribution is 6.33. The van der Waals surface area contributed by atoms with Crippen LogP contribution in [0.5, 0.6) is 0 Å². The maximum Gasteiger partial charge on any atom is 0.0630 e. The molecule has 10 aromatic carbocycles. The first kappa shape index (κ1) is 13.3. The minimum atomic E-state index is -0.592. The summed E-state index contributed by atoms with van der Waals surface area (Å²) in [6.45, 7) is 0.